The van der Waals surface area contributed by atoms with Crippen LogP contribution in [-0.2, 0) is 16.0 Å². The third-order valence-electron chi connectivity index (χ3n) is 5.41. The van der Waals surface area contributed by atoms with Gasteiger partial charge in [-0.2, -0.15) is 0 Å². The number of urea groups is 1. The summed E-state index contributed by atoms with van der Waals surface area (Å²) in [6, 6.07) is 7.29. The van der Waals surface area contributed by atoms with Gasteiger partial charge in [0.05, 0.1) is 13.2 Å². The van der Waals surface area contributed by atoms with Crippen molar-refractivity contribution in [1.82, 2.24) is 20.1 Å². The molecule has 0 unspecified atom stereocenters. The van der Waals surface area contributed by atoms with Gasteiger partial charge in [0.2, 0.25) is 5.91 Å². The van der Waals surface area contributed by atoms with Gasteiger partial charge in [-0.15, -0.1) is 0 Å². The fourth-order valence-corrected chi connectivity index (χ4v) is 3.89. The molecule has 2 saturated heterocycles. The number of para-hydroxylation sites is 1. The SMILES string of the molecule is O=C(N[C@H](Cc1c[nH]c2ccccc12)C(=O)N1CCCC1)N1CCOCC1. The number of H-pyrrole nitrogens is 1. The van der Waals surface area contributed by atoms with Crippen LogP contribution in [0.4, 0.5) is 4.79 Å². The number of hydrogen-bond donors (Lipinski definition) is 2. The molecule has 1 atom stereocenters. The van der Waals surface area contributed by atoms with Gasteiger partial charge in [-0.3, -0.25) is 4.79 Å². The molecule has 27 heavy (non-hydrogen) atoms. The van der Waals surface area contributed by atoms with Crippen molar-refractivity contribution < 1.29 is 14.3 Å². The molecule has 2 aromatic rings. The van der Waals surface area contributed by atoms with Gasteiger partial charge < -0.3 is 24.8 Å². The maximum absolute atomic E-state index is 13.1. The zero-order valence-corrected chi connectivity index (χ0v) is 15.4. The van der Waals surface area contributed by atoms with Crippen LogP contribution in [0, 0.1) is 0 Å². The van der Waals surface area contributed by atoms with Gasteiger partial charge in [0.25, 0.3) is 0 Å². The molecular formula is C20H26N4O3. The van der Waals surface area contributed by atoms with Gasteiger partial charge in [0, 0.05) is 49.7 Å². The van der Waals surface area contributed by atoms with Crippen molar-refractivity contribution in [2.45, 2.75) is 25.3 Å². The molecule has 0 bridgehead atoms. The molecule has 1 aromatic heterocycles. The van der Waals surface area contributed by atoms with E-state index in [1.54, 1.807) is 4.90 Å². The largest absolute Gasteiger partial charge is 0.378 e. The number of carbonyl (C=O) groups is 2. The molecule has 0 saturated carbocycles. The van der Waals surface area contributed by atoms with Crippen molar-refractivity contribution in [3.63, 3.8) is 0 Å². The maximum Gasteiger partial charge on any atom is 0.318 e. The number of ether oxygens (including phenoxy) is 1. The highest BCUT2D eigenvalue weighted by molar-refractivity contribution is 5.89. The molecule has 0 radical (unpaired) electrons. The summed E-state index contributed by atoms with van der Waals surface area (Å²) in [6.45, 7) is 3.75. The lowest BCUT2D eigenvalue weighted by Gasteiger charge is -2.30. The first-order valence-electron chi connectivity index (χ1n) is 9.69. The number of nitrogens with one attached hydrogen (secondary N) is 2. The fraction of sp³-hybridized carbons (Fsp3) is 0.500. The van der Waals surface area contributed by atoms with Crippen molar-refractivity contribution in [2.24, 2.45) is 0 Å². The Morgan fingerprint density at radius 1 is 1.07 bits per heavy atom. The second-order valence-corrected chi connectivity index (χ2v) is 7.20. The number of aromatic nitrogens is 1. The van der Waals surface area contributed by atoms with E-state index in [1.165, 1.54) is 0 Å². The van der Waals surface area contributed by atoms with E-state index in [2.05, 4.69) is 10.3 Å². The van der Waals surface area contributed by atoms with Crippen molar-refractivity contribution in [3.05, 3.63) is 36.0 Å². The third-order valence-corrected chi connectivity index (χ3v) is 5.41. The summed E-state index contributed by atoms with van der Waals surface area (Å²) in [5.74, 6) is 0.0133. The van der Waals surface area contributed by atoms with E-state index in [0.717, 1.165) is 42.4 Å². The van der Waals surface area contributed by atoms with E-state index in [-0.39, 0.29) is 11.9 Å². The highest BCUT2D eigenvalue weighted by Gasteiger charge is 2.30. The highest BCUT2D eigenvalue weighted by atomic mass is 16.5. The van der Waals surface area contributed by atoms with E-state index >= 15 is 0 Å². The number of aromatic amines is 1. The van der Waals surface area contributed by atoms with Crippen LogP contribution >= 0.6 is 0 Å². The Morgan fingerprint density at radius 3 is 2.59 bits per heavy atom. The molecular weight excluding hydrogens is 344 g/mol. The normalized spacial score (nSPS) is 18.7. The minimum atomic E-state index is -0.558. The standard InChI is InChI=1S/C20H26N4O3/c25-19(23-7-3-4-8-23)18(22-20(26)24-9-11-27-12-10-24)13-15-14-21-17-6-2-1-5-16(15)17/h1-2,5-6,14,18,21H,3-4,7-13H2,(H,22,26)/t18-/m1/s1. The second kappa shape index (κ2) is 8.00. The van der Waals surface area contributed by atoms with Gasteiger partial charge in [0.15, 0.2) is 0 Å². The van der Waals surface area contributed by atoms with Crippen LogP contribution in [0.2, 0.25) is 0 Å². The maximum atomic E-state index is 13.1. The number of amides is 3. The Morgan fingerprint density at radius 2 is 1.81 bits per heavy atom. The van der Waals surface area contributed by atoms with E-state index in [0.29, 0.717) is 32.7 Å². The van der Waals surface area contributed by atoms with E-state index < -0.39 is 6.04 Å². The minimum Gasteiger partial charge on any atom is -0.378 e. The lowest BCUT2D eigenvalue weighted by molar-refractivity contribution is -0.132. The quantitative estimate of drug-likeness (QED) is 0.861. The number of hydrogen-bond acceptors (Lipinski definition) is 3. The number of fused-ring (bicyclic) bond motifs is 1. The lowest BCUT2D eigenvalue weighted by Crippen LogP contribution is -2.54. The molecule has 4 rings (SSSR count). The van der Waals surface area contributed by atoms with Crippen molar-refractivity contribution in [3.8, 4) is 0 Å². The monoisotopic (exact) mass is 370 g/mol. The molecule has 144 valence electrons. The molecule has 3 heterocycles. The summed E-state index contributed by atoms with van der Waals surface area (Å²) < 4.78 is 5.32. The minimum absolute atomic E-state index is 0.0133. The zero-order chi connectivity index (χ0) is 18.6. The molecule has 7 heteroatoms. The molecule has 2 N–H and O–H groups in total. The second-order valence-electron chi connectivity index (χ2n) is 7.20. The van der Waals surface area contributed by atoms with Crippen LogP contribution in [0.15, 0.2) is 30.5 Å². The molecule has 0 aliphatic carbocycles. The van der Waals surface area contributed by atoms with Crippen LogP contribution in [-0.4, -0.2) is 72.2 Å². The number of morpholine rings is 1. The predicted molar refractivity (Wildman–Crippen MR) is 103 cm³/mol. The van der Waals surface area contributed by atoms with Crippen molar-refractivity contribution in [2.75, 3.05) is 39.4 Å². The first kappa shape index (κ1) is 17.9. The molecule has 2 aliphatic heterocycles. The van der Waals surface area contributed by atoms with Gasteiger partial charge in [0.1, 0.15) is 6.04 Å². The molecule has 0 spiro atoms. The Balaban J connectivity index is 1.53. The van der Waals surface area contributed by atoms with E-state index in [1.807, 2.05) is 35.4 Å². The Kier molecular flexibility index (Phi) is 5.29. The summed E-state index contributed by atoms with van der Waals surface area (Å²) in [7, 11) is 0. The summed E-state index contributed by atoms with van der Waals surface area (Å²) in [6.07, 6.45) is 4.48. The van der Waals surface area contributed by atoms with Crippen LogP contribution in [0.1, 0.15) is 18.4 Å². The number of benzene rings is 1. The Bertz CT molecular complexity index is 806. The predicted octanol–water partition coefficient (Wildman–Crippen LogP) is 1.74. The molecule has 2 aliphatic rings. The zero-order valence-electron chi connectivity index (χ0n) is 15.4. The summed E-state index contributed by atoms with van der Waals surface area (Å²) in [4.78, 5) is 32.6. The topological polar surface area (TPSA) is 77.7 Å². The van der Waals surface area contributed by atoms with Crippen LogP contribution in [0.3, 0.4) is 0 Å². The van der Waals surface area contributed by atoms with Crippen molar-refractivity contribution in [1.29, 1.82) is 0 Å². The number of nitrogens with zero attached hydrogens (tertiary/aromatic N) is 2. The summed E-state index contributed by atoms with van der Waals surface area (Å²) >= 11 is 0. The number of carbonyl (C=O) groups excluding carboxylic acids is 2. The Labute approximate surface area is 158 Å². The molecule has 2 fully saturated rings. The third kappa shape index (κ3) is 3.93. The van der Waals surface area contributed by atoms with E-state index in [9.17, 15) is 9.59 Å². The number of likely N-dealkylation sites (tertiary alicyclic amines) is 1. The molecule has 7 nitrogen and oxygen atoms in total. The summed E-state index contributed by atoms with van der Waals surface area (Å²) in [5.41, 5.74) is 2.09. The average Bonchev–Trinajstić information content (AvgIpc) is 3.38. The first-order valence-corrected chi connectivity index (χ1v) is 9.69. The van der Waals surface area contributed by atoms with E-state index in [4.69, 9.17) is 4.74 Å². The Hall–Kier alpha value is -2.54. The van der Waals surface area contributed by atoms with Gasteiger partial charge in [-0.25, -0.2) is 4.79 Å². The fourth-order valence-electron chi connectivity index (χ4n) is 3.89. The van der Waals surface area contributed by atoms with Gasteiger partial charge in [-0.05, 0) is 24.5 Å². The molecule has 1 aromatic carbocycles. The average molecular weight is 370 g/mol. The summed E-state index contributed by atoms with van der Waals surface area (Å²) in [5, 5.41) is 4.09. The van der Waals surface area contributed by atoms with Gasteiger partial charge in [-0.1, -0.05) is 18.2 Å². The lowest BCUT2D eigenvalue weighted by atomic mass is 10.0. The number of rotatable bonds is 4. The van der Waals surface area contributed by atoms with Crippen LogP contribution in [0.5, 0.6) is 0 Å². The molecule has 3 amide bonds. The smallest absolute Gasteiger partial charge is 0.318 e. The van der Waals surface area contributed by atoms with Crippen LogP contribution < -0.4 is 5.32 Å². The van der Waals surface area contributed by atoms with Gasteiger partial charge >= 0.3 is 6.03 Å². The van der Waals surface area contributed by atoms with Crippen molar-refractivity contribution >= 4 is 22.8 Å². The first-order chi connectivity index (χ1) is 13.2. The highest BCUT2D eigenvalue weighted by Crippen LogP contribution is 2.20. The van der Waals surface area contributed by atoms with Crippen LogP contribution in [0.25, 0.3) is 10.9 Å².